The van der Waals surface area contributed by atoms with Gasteiger partial charge in [-0.15, -0.1) is 0 Å². The van der Waals surface area contributed by atoms with Crippen molar-refractivity contribution in [3.8, 4) is 34.3 Å². The molecule has 3 nitrogen and oxygen atoms in total. The third-order valence-electron chi connectivity index (χ3n) is 4.70. The molecule has 3 aromatic rings. The Balaban J connectivity index is 2.06. The van der Waals surface area contributed by atoms with E-state index in [1.54, 1.807) is 0 Å². The predicted molar refractivity (Wildman–Crippen MR) is 104 cm³/mol. The maximum Gasteiger partial charge on any atom is 0.232 e. The molecule has 0 radical (unpaired) electrons. The number of fused-ring (bicyclic) bond motifs is 3. The molecule has 0 unspecified atom stereocenters. The Bertz CT molecular complexity index is 1050. The number of halogens is 1. The second kappa shape index (κ2) is 6.48. The molecule has 0 fully saturated rings. The number of hydrogen-bond donors (Lipinski definition) is 0. The molecule has 1 heterocycles. The van der Waals surface area contributed by atoms with Gasteiger partial charge in [-0.1, -0.05) is 53.6 Å². The topological polar surface area (TPSA) is 45.9 Å². The average molecular weight is 361 g/mol. The Kier molecular flexibility index (Phi) is 4.14. The third kappa shape index (κ3) is 2.55. The smallest absolute Gasteiger partial charge is 0.232 e. The maximum absolute atomic E-state index is 9.85. The van der Waals surface area contributed by atoms with E-state index in [0.29, 0.717) is 29.5 Å². The number of pyridine rings is 1. The van der Waals surface area contributed by atoms with Crippen molar-refractivity contribution < 1.29 is 4.74 Å². The normalized spacial score (nSPS) is 11.6. The maximum atomic E-state index is 9.85. The summed E-state index contributed by atoms with van der Waals surface area (Å²) in [4.78, 5) is 4.69. The zero-order valence-corrected chi connectivity index (χ0v) is 15.4. The highest BCUT2D eigenvalue weighted by atomic mass is 35.5. The largest absolute Gasteiger partial charge is 0.477 e. The average Bonchev–Trinajstić information content (AvgIpc) is 3.01. The molecule has 2 aromatic carbocycles. The van der Waals surface area contributed by atoms with E-state index in [0.717, 1.165) is 33.5 Å². The van der Waals surface area contributed by atoms with Gasteiger partial charge >= 0.3 is 0 Å². The van der Waals surface area contributed by atoms with Crippen LogP contribution in [0.25, 0.3) is 22.4 Å². The van der Waals surface area contributed by atoms with Crippen LogP contribution in [0, 0.1) is 18.3 Å². The van der Waals surface area contributed by atoms with Crippen molar-refractivity contribution >= 4 is 11.6 Å². The number of aryl methyl sites for hydroxylation is 1. The van der Waals surface area contributed by atoms with Crippen molar-refractivity contribution in [2.24, 2.45) is 0 Å². The van der Waals surface area contributed by atoms with Crippen LogP contribution in [-0.4, -0.2) is 11.6 Å². The summed E-state index contributed by atoms with van der Waals surface area (Å²) in [5.74, 6) is 0.372. The molecule has 0 spiro atoms. The monoisotopic (exact) mass is 360 g/mol. The highest BCUT2D eigenvalue weighted by Gasteiger charge is 2.29. The van der Waals surface area contributed by atoms with Crippen molar-refractivity contribution in [2.75, 3.05) is 6.61 Å². The van der Waals surface area contributed by atoms with Crippen LogP contribution in [0.2, 0.25) is 5.02 Å². The molecule has 4 rings (SSSR count). The first-order valence-electron chi connectivity index (χ1n) is 8.58. The van der Waals surface area contributed by atoms with Gasteiger partial charge in [0.05, 0.1) is 17.3 Å². The van der Waals surface area contributed by atoms with E-state index in [9.17, 15) is 5.26 Å². The van der Waals surface area contributed by atoms with Gasteiger partial charge in [0.15, 0.2) is 0 Å². The first-order valence-corrected chi connectivity index (χ1v) is 8.96. The molecule has 4 heteroatoms. The summed E-state index contributed by atoms with van der Waals surface area (Å²) >= 11 is 6.47. The Morgan fingerprint density at radius 2 is 1.92 bits per heavy atom. The van der Waals surface area contributed by atoms with E-state index in [-0.39, 0.29) is 0 Å². The first kappa shape index (κ1) is 16.6. The number of hydrogen-bond acceptors (Lipinski definition) is 3. The lowest BCUT2D eigenvalue weighted by Gasteiger charge is -2.15. The molecule has 0 saturated heterocycles. The standard InChI is InChI=1S/C22H17ClN2O/c1-3-26-22-17(12-24)19(14-9-7-13(2)8-10-14)16-11-15-5-4-6-18(23)20(15)21(16)25-22/h4-10H,3,11H2,1-2H3. The Hall–Kier alpha value is -2.83. The molecule has 0 atom stereocenters. The van der Waals surface area contributed by atoms with Gasteiger partial charge in [0.2, 0.25) is 5.88 Å². The number of benzene rings is 2. The predicted octanol–water partition coefficient (Wildman–Crippen LogP) is 5.55. The second-order valence-corrected chi connectivity index (χ2v) is 6.76. The van der Waals surface area contributed by atoms with Crippen LogP contribution < -0.4 is 4.74 Å². The van der Waals surface area contributed by atoms with E-state index in [1.165, 1.54) is 5.56 Å². The van der Waals surface area contributed by atoms with Crippen LogP contribution in [-0.2, 0) is 6.42 Å². The number of ether oxygens (including phenoxy) is 1. The summed E-state index contributed by atoms with van der Waals surface area (Å²) in [5, 5.41) is 10.5. The van der Waals surface area contributed by atoms with Crippen molar-refractivity contribution in [3.63, 3.8) is 0 Å². The van der Waals surface area contributed by atoms with Crippen molar-refractivity contribution in [2.45, 2.75) is 20.3 Å². The fourth-order valence-corrected chi connectivity index (χ4v) is 3.82. The molecule has 0 saturated carbocycles. The number of nitrogens with zero attached hydrogens (tertiary/aromatic N) is 2. The summed E-state index contributed by atoms with van der Waals surface area (Å²) in [6, 6.07) is 16.4. The summed E-state index contributed by atoms with van der Waals surface area (Å²) < 4.78 is 5.72. The SMILES string of the molecule is CCOc1nc2c(c(-c3ccc(C)cc3)c1C#N)Cc1cccc(Cl)c1-2. The Morgan fingerprint density at radius 1 is 1.15 bits per heavy atom. The van der Waals surface area contributed by atoms with Gasteiger partial charge in [-0.25, -0.2) is 4.98 Å². The highest BCUT2D eigenvalue weighted by Crippen LogP contribution is 2.46. The zero-order chi connectivity index (χ0) is 18.3. The summed E-state index contributed by atoms with van der Waals surface area (Å²) in [5.41, 5.74) is 7.49. The quantitative estimate of drug-likeness (QED) is 0.481. The van der Waals surface area contributed by atoms with Crippen molar-refractivity contribution in [3.05, 3.63) is 69.7 Å². The van der Waals surface area contributed by atoms with Gasteiger partial charge < -0.3 is 4.74 Å². The molecular weight excluding hydrogens is 344 g/mol. The molecule has 0 N–H and O–H groups in total. The van der Waals surface area contributed by atoms with Crippen LogP contribution in [0.4, 0.5) is 0 Å². The summed E-state index contributed by atoms with van der Waals surface area (Å²) in [6.45, 7) is 4.39. The second-order valence-electron chi connectivity index (χ2n) is 6.36. The molecule has 26 heavy (non-hydrogen) atoms. The van der Waals surface area contributed by atoms with Crippen LogP contribution in [0.15, 0.2) is 42.5 Å². The molecular formula is C22H17ClN2O. The van der Waals surface area contributed by atoms with Crippen LogP contribution >= 0.6 is 11.6 Å². The third-order valence-corrected chi connectivity index (χ3v) is 5.02. The van der Waals surface area contributed by atoms with Crippen LogP contribution in [0.3, 0.4) is 0 Å². The summed E-state index contributed by atoms with van der Waals surface area (Å²) in [7, 11) is 0. The lowest BCUT2D eigenvalue weighted by atomic mass is 9.94. The van der Waals surface area contributed by atoms with E-state index in [1.807, 2.05) is 38.1 Å². The fourth-order valence-electron chi connectivity index (χ4n) is 3.54. The minimum absolute atomic E-state index is 0.372. The van der Waals surface area contributed by atoms with Gasteiger partial charge in [0.25, 0.3) is 0 Å². The molecule has 1 aromatic heterocycles. The molecule has 0 bridgehead atoms. The van der Waals surface area contributed by atoms with Gasteiger partial charge in [-0.2, -0.15) is 5.26 Å². The lowest BCUT2D eigenvalue weighted by Crippen LogP contribution is -2.03. The van der Waals surface area contributed by atoms with E-state index in [2.05, 4.69) is 24.3 Å². The molecule has 1 aliphatic carbocycles. The van der Waals surface area contributed by atoms with Gasteiger partial charge in [-0.3, -0.25) is 0 Å². The number of aromatic nitrogens is 1. The first-order chi connectivity index (χ1) is 12.6. The molecule has 128 valence electrons. The zero-order valence-electron chi connectivity index (χ0n) is 14.6. The van der Waals surface area contributed by atoms with Gasteiger partial charge in [-0.05, 0) is 36.6 Å². The minimum Gasteiger partial charge on any atom is -0.477 e. The summed E-state index contributed by atoms with van der Waals surface area (Å²) in [6.07, 6.45) is 0.711. The minimum atomic E-state index is 0.372. The van der Waals surface area contributed by atoms with E-state index in [4.69, 9.17) is 21.3 Å². The fraction of sp³-hybridized carbons (Fsp3) is 0.182. The molecule has 1 aliphatic rings. The van der Waals surface area contributed by atoms with Gasteiger partial charge in [0, 0.05) is 17.5 Å². The van der Waals surface area contributed by atoms with Crippen LogP contribution in [0.5, 0.6) is 5.88 Å². The highest BCUT2D eigenvalue weighted by molar-refractivity contribution is 6.33. The number of nitriles is 1. The van der Waals surface area contributed by atoms with Crippen LogP contribution in [0.1, 0.15) is 29.2 Å². The Morgan fingerprint density at radius 3 is 2.62 bits per heavy atom. The molecule has 0 amide bonds. The number of rotatable bonds is 3. The lowest BCUT2D eigenvalue weighted by molar-refractivity contribution is 0.326. The Labute approximate surface area is 157 Å². The van der Waals surface area contributed by atoms with E-state index >= 15 is 0 Å². The van der Waals surface area contributed by atoms with Crippen molar-refractivity contribution in [1.29, 1.82) is 5.26 Å². The van der Waals surface area contributed by atoms with Crippen molar-refractivity contribution in [1.82, 2.24) is 4.98 Å². The van der Waals surface area contributed by atoms with Gasteiger partial charge in [0.1, 0.15) is 11.6 Å². The molecule has 0 aliphatic heterocycles. The van der Waals surface area contributed by atoms with E-state index < -0.39 is 0 Å².